The maximum absolute atomic E-state index is 11.6. The summed E-state index contributed by atoms with van der Waals surface area (Å²) < 4.78 is 11.5. The second kappa shape index (κ2) is 10.8. The molecule has 5 rings (SSSR count). The van der Waals surface area contributed by atoms with Crippen LogP contribution in [-0.2, 0) is 9.53 Å². The topological polar surface area (TPSA) is 68.7 Å². The average Bonchev–Trinajstić information content (AvgIpc) is 2.93. The van der Waals surface area contributed by atoms with E-state index in [-0.39, 0.29) is 11.7 Å². The molecule has 0 saturated heterocycles. The molecule has 182 valence electrons. The predicted molar refractivity (Wildman–Crippen MR) is 146 cm³/mol. The maximum Gasteiger partial charge on any atom is 0.330 e. The summed E-state index contributed by atoms with van der Waals surface area (Å²) in [6, 6.07) is 32.5. The highest BCUT2D eigenvalue weighted by Crippen LogP contribution is 2.45. The summed E-state index contributed by atoms with van der Waals surface area (Å²) >= 11 is 0. The van der Waals surface area contributed by atoms with Crippen LogP contribution in [0.5, 0.6) is 17.2 Å². The summed E-state index contributed by atoms with van der Waals surface area (Å²) in [6.45, 7) is 2.11. The number of esters is 1. The van der Waals surface area contributed by atoms with Gasteiger partial charge in [0.1, 0.15) is 17.2 Å². The number of aromatic hydroxyl groups is 1. The monoisotopic (exact) mass is 487 g/mol. The van der Waals surface area contributed by atoms with Crippen molar-refractivity contribution in [3.05, 3.63) is 115 Å². The largest absolute Gasteiger partial charge is 0.508 e. The third-order valence-corrected chi connectivity index (χ3v) is 5.83. The van der Waals surface area contributed by atoms with Crippen molar-refractivity contribution in [1.82, 2.24) is 4.98 Å². The quantitative estimate of drug-likeness (QED) is 0.189. The van der Waals surface area contributed by atoms with E-state index in [2.05, 4.69) is 0 Å². The van der Waals surface area contributed by atoms with Crippen LogP contribution in [0.4, 0.5) is 0 Å². The lowest BCUT2D eigenvalue weighted by molar-refractivity contribution is -0.137. The molecule has 5 nitrogen and oxygen atoms in total. The van der Waals surface area contributed by atoms with E-state index in [1.807, 2.05) is 91.0 Å². The Balaban J connectivity index is 1.65. The van der Waals surface area contributed by atoms with Gasteiger partial charge in [-0.2, -0.15) is 0 Å². The highest BCUT2D eigenvalue weighted by atomic mass is 16.5. The highest BCUT2D eigenvalue weighted by Gasteiger charge is 2.20. The van der Waals surface area contributed by atoms with Crippen LogP contribution in [0.25, 0.3) is 39.4 Å². The number of benzene rings is 4. The number of hydrogen-bond acceptors (Lipinski definition) is 5. The molecule has 0 bridgehead atoms. The lowest BCUT2D eigenvalue weighted by Crippen LogP contribution is -1.98. The van der Waals surface area contributed by atoms with Crippen LogP contribution in [0.3, 0.4) is 0 Å². The van der Waals surface area contributed by atoms with Crippen LogP contribution in [0.1, 0.15) is 12.5 Å². The fourth-order valence-corrected chi connectivity index (χ4v) is 4.13. The summed E-state index contributed by atoms with van der Waals surface area (Å²) in [5.41, 5.74) is 4.99. The van der Waals surface area contributed by atoms with Crippen molar-refractivity contribution in [2.45, 2.75) is 6.92 Å². The average molecular weight is 488 g/mol. The molecular formula is C32H25NO4. The van der Waals surface area contributed by atoms with Crippen molar-refractivity contribution in [2.75, 3.05) is 6.61 Å². The zero-order chi connectivity index (χ0) is 25.6. The summed E-state index contributed by atoms with van der Waals surface area (Å²) in [5, 5.41) is 11.0. The molecule has 1 heterocycles. The second-order valence-electron chi connectivity index (χ2n) is 8.35. The number of aromatic nitrogens is 1. The molecule has 0 aliphatic carbocycles. The van der Waals surface area contributed by atoms with Crippen molar-refractivity contribution < 1.29 is 19.4 Å². The Morgan fingerprint density at radius 3 is 2.22 bits per heavy atom. The Hall–Kier alpha value is -4.90. The van der Waals surface area contributed by atoms with E-state index in [1.54, 1.807) is 25.1 Å². The molecule has 0 radical (unpaired) electrons. The number of ether oxygens (including phenoxy) is 2. The number of pyridine rings is 1. The predicted octanol–water partition coefficient (Wildman–Crippen LogP) is 7.64. The maximum atomic E-state index is 11.6. The minimum atomic E-state index is -0.379. The Labute approximate surface area is 215 Å². The first kappa shape index (κ1) is 23.8. The minimum Gasteiger partial charge on any atom is -0.508 e. The highest BCUT2D eigenvalue weighted by molar-refractivity contribution is 5.99. The van der Waals surface area contributed by atoms with Gasteiger partial charge >= 0.3 is 5.97 Å². The van der Waals surface area contributed by atoms with Crippen LogP contribution in [0.15, 0.2) is 109 Å². The SMILES string of the molecule is CCOC(=O)/C=C/c1ccc(Oc2c(-c3ccccc3)c(-c3ccccc3)nc3cc(O)ccc23)cc1. The Morgan fingerprint density at radius 1 is 0.865 bits per heavy atom. The van der Waals surface area contributed by atoms with Gasteiger partial charge in [-0.15, -0.1) is 0 Å². The number of nitrogens with zero attached hydrogens (tertiary/aromatic N) is 1. The van der Waals surface area contributed by atoms with Crippen LogP contribution in [-0.4, -0.2) is 22.7 Å². The molecule has 4 aromatic carbocycles. The fourth-order valence-electron chi connectivity index (χ4n) is 4.13. The summed E-state index contributed by atoms with van der Waals surface area (Å²) in [6.07, 6.45) is 3.11. The van der Waals surface area contributed by atoms with Gasteiger partial charge in [0.25, 0.3) is 0 Å². The number of carbonyl (C=O) groups is 1. The Kier molecular flexibility index (Phi) is 6.95. The third kappa shape index (κ3) is 5.36. The van der Waals surface area contributed by atoms with Crippen molar-refractivity contribution in [1.29, 1.82) is 0 Å². The van der Waals surface area contributed by atoms with Gasteiger partial charge in [0.05, 0.1) is 23.4 Å². The molecule has 0 aliphatic rings. The molecule has 0 saturated carbocycles. The summed E-state index contributed by atoms with van der Waals surface area (Å²) in [5.74, 6) is 1.03. The number of hydrogen-bond donors (Lipinski definition) is 1. The van der Waals surface area contributed by atoms with Gasteiger partial charge < -0.3 is 14.6 Å². The molecule has 1 aromatic heterocycles. The molecule has 0 fully saturated rings. The Bertz CT molecular complexity index is 1560. The second-order valence-corrected chi connectivity index (χ2v) is 8.35. The van der Waals surface area contributed by atoms with Crippen LogP contribution in [0, 0.1) is 0 Å². The van der Waals surface area contributed by atoms with Gasteiger partial charge in [-0.1, -0.05) is 72.8 Å². The van der Waals surface area contributed by atoms with E-state index in [0.29, 0.717) is 23.6 Å². The number of rotatable bonds is 7. The summed E-state index contributed by atoms with van der Waals surface area (Å²) in [4.78, 5) is 16.6. The number of phenolic OH excluding ortho intramolecular Hbond substituents is 1. The van der Waals surface area contributed by atoms with E-state index >= 15 is 0 Å². The first-order chi connectivity index (χ1) is 18.1. The third-order valence-electron chi connectivity index (χ3n) is 5.83. The number of fused-ring (bicyclic) bond motifs is 1. The molecule has 0 unspecified atom stereocenters. The van der Waals surface area contributed by atoms with Crippen LogP contribution >= 0.6 is 0 Å². The minimum absolute atomic E-state index is 0.134. The Morgan fingerprint density at radius 2 is 1.54 bits per heavy atom. The van der Waals surface area contributed by atoms with E-state index in [4.69, 9.17) is 14.5 Å². The van der Waals surface area contributed by atoms with Crippen LogP contribution in [0.2, 0.25) is 0 Å². The molecular weight excluding hydrogens is 462 g/mol. The molecule has 0 amide bonds. The van der Waals surface area contributed by atoms with Gasteiger partial charge in [0, 0.05) is 23.1 Å². The lowest BCUT2D eigenvalue weighted by Gasteiger charge is -2.18. The van der Waals surface area contributed by atoms with E-state index < -0.39 is 0 Å². The standard InChI is InChI=1S/C32H25NO4/c1-2-36-29(35)20-15-22-13-17-26(18-14-22)37-32-27-19-16-25(34)21-28(27)33-31(24-11-7-4-8-12-24)30(32)23-9-5-3-6-10-23/h3-21,34H,2H2,1H3/b20-15+. The smallest absolute Gasteiger partial charge is 0.330 e. The number of carbonyl (C=O) groups excluding carboxylic acids is 1. The summed E-state index contributed by atoms with van der Waals surface area (Å²) in [7, 11) is 0. The van der Waals surface area contributed by atoms with E-state index in [0.717, 1.165) is 33.3 Å². The van der Waals surface area contributed by atoms with Crippen LogP contribution < -0.4 is 4.74 Å². The zero-order valence-electron chi connectivity index (χ0n) is 20.3. The molecule has 5 aromatic rings. The van der Waals surface area contributed by atoms with Crippen molar-refractivity contribution in [3.8, 4) is 39.6 Å². The molecule has 0 atom stereocenters. The van der Waals surface area contributed by atoms with Gasteiger partial charge in [-0.3, -0.25) is 0 Å². The lowest BCUT2D eigenvalue weighted by atomic mass is 9.96. The molecule has 37 heavy (non-hydrogen) atoms. The van der Waals surface area contributed by atoms with Crippen molar-refractivity contribution in [3.63, 3.8) is 0 Å². The van der Waals surface area contributed by atoms with Gasteiger partial charge in [0.2, 0.25) is 0 Å². The fraction of sp³-hybridized carbons (Fsp3) is 0.0625. The normalized spacial score (nSPS) is 11.1. The first-order valence-corrected chi connectivity index (χ1v) is 12.0. The molecule has 0 aliphatic heterocycles. The van der Waals surface area contributed by atoms with E-state index in [9.17, 15) is 9.90 Å². The van der Waals surface area contributed by atoms with Crippen molar-refractivity contribution >= 4 is 22.9 Å². The van der Waals surface area contributed by atoms with Gasteiger partial charge in [-0.25, -0.2) is 9.78 Å². The van der Waals surface area contributed by atoms with Crippen molar-refractivity contribution in [2.24, 2.45) is 0 Å². The molecule has 0 spiro atoms. The number of phenols is 1. The van der Waals surface area contributed by atoms with Gasteiger partial charge in [-0.05, 0) is 48.4 Å². The van der Waals surface area contributed by atoms with E-state index in [1.165, 1.54) is 6.08 Å². The van der Waals surface area contributed by atoms with Gasteiger partial charge in [0.15, 0.2) is 0 Å². The zero-order valence-corrected chi connectivity index (χ0v) is 20.3. The molecule has 1 N–H and O–H groups in total. The first-order valence-electron chi connectivity index (χ1n) is 12.0. The molecule has 5 heteroatoms.